The second-order valence-electron chi connectivity index (χ2n) is 16.7. The molecule has 0 bridgehead atoms. The smallest absolute Gasteiger partial charge is 0.144 e. The third kappa shape index (κ3) is 4.39. The molecule has 0 unspecified atom stereocenters. The van der Waals surface area contributed by atoms with Gasteiger partial charge in [-0.2, -0.15) is 0 Å². The van der Waals surface area contributed by atoms with E-state index in [-0.39, 0.29) is 0 Å². The van der Waals surface area contributed by atoms with Crippen molar-refractivity contribution < 1.29 is 8.83 Å². The Kier molecular flexibility index (Phi) is 6.76. The molecule has 2 aromatic heterocycles. The average Bonchev–Trinajstić information content (AvgIpc) is 4.06. The lowest BCUT2D eigenvalue weighted by atomic mass is 9.70. The van der Waals surface area contributed by atoms with Crippen LogP contribution in [0.3, 0.4) is 0 Å². The molecule has 0 fully saturated rings. The molecule has 2 aliphatic rings. The molecule has 12 aromatic rings. The van der Waals surface area contributed by atoms with E-state index in [4.69, 9.17) is 8.83 Å². The molecule has 0 aliphatic heterocycles. The monoisotopic (exact) mass is 789 g/mol. The Bertz CT molecular complexity index is 3770. The maximum Gasteiger partial charge on any atom is 0.144 e. The van der Waals surface area contributed by atoms with Gasteiger partial charge in [0, 0.05) is 49.7 Å². The molecule has 0 atom stereocenters. The minimum absolute atomic E-state index is 0.442. The van der Waals surface area contributed by atoms with Gasteiger partial charge >= 0.3 is 0 Å². The van der Waals surface area contributed by atoms with Crippen molar-refractivity contribution in [2.45, 2.75) is 5.41 Å². The summed E-state index contributed by atoms with van der Waals surface area (Å²) in [6, 6.07) is 77.2. The fourth-order valence-corrected chi connectivity index (χ4v) is 11.2. The van der Waals surface area contributed by atoms with E-state index in [9.17, 15) is 0 Å². The molecule has 0 saturated heterocycles. The van der Waals surface area contributed by atoms with Crippen molar-refractivity contribution in [3.8, 4) is 33.4 Å². The van der Waals surface area contributed by atoms with Gasteiger partial charge in [-0.25, -0.2) is 0 Å². The highest BCUT2D eigenvalue weighted by atomic mass is 16.3. The summed E-state index contributed by atoms with van der Waals surface area (Å²) in [5, 5.41) is 6.61. The van der Waals surface area contributed by atoms with Crippen molar-refractivity contribution in [2.24, 2.45) is 0 Å². The van der Waals surface area contributed by atoms with E-state index >= 15 is 0 Å². The fraction of sp³-hybridized carbons (Fsp3) is 0.0169. The van der Waals surface area contributed by atoms with Crippen LogP contribution in [-0.4, -0.2) is 0 Å². The number of furan rings is 2. The van der Waals surface area contributed by atoms with E-state index in [0.717, 1.165) is 82.8 Å². The summed E-state index contributed by atoms with van der Waals surface area (Å²) in [4.78, 5) is 2.40. The average molecular weight is 790 g/mol. The maximum atomic E-state index is 6.98. The lowest BCUT2D eigenvalue weighted by molar-refractivity contribution is 0.665. The number of para-hydroxylation sites is 3. The van der Waals surface area contributed by atoms with Crippen molar-refractivity contribution in [3.05, 3.63) is 235 Å². The van der Waals surface area contributed by atoms with Crippen molar-refractivity contribution in [1.82, 2.24) is 0 Å². The van der Waals surface area contributed by atoms with Gasteiger partial charge in [-0.1, -0.05) is 158 Å². The molecule has 0 saturated carbocycles. The van der Waals surface area contributed by atoms with E-state index in [1.165, 1.54) is 44.5 Å². The summed E-state index contributed by atoms with van der Waals surface area (Å²) in [5.41, 5.74) is 18.8. The molecule has 3 heteroatoms. The van der Waals surface area contributed by atoms with E-state index in [2.05, 4.69) is 205 Å². The van der Waals surface area contributed by atoms with Crippen LogP contribution in [0.15, 0.2) is 221 Å². The van der Waals surface area contributed by atoms with Crippen molar-refractivity contribution in [3.63, 3.8) is 0 Å². The number of nitrogens with zero attached hydrogens (tertiary/aromatic N) is 1. The molecule has 0 N–H and O–H groups in total. The van der Waals surface area contributed by atoms with Crippen LogP contribution in [0.25, 0.3) is 88.0 Å². The maximum absolute atomic E-state index is 6.98. The van der Waals surface area contributed by atoms with Crippen molar-refractivity contribution >= 4 is 71.7 Å². The molecule has 1 spiro atoms. The Morgan fingerprint density at radius 2 is 0.855 bits per heavy atom. The Hall–Kier alpha value is -8.14. The second-order valence-corrected chi connectivity index (χ2v) is 16.7. The number of hydrogen-bond donors (Lipinski definition) is 0. The quantitative estimate of drug-likeness (QED) is 0.178. The fourth-order valence-electron chi connectivity index (χ4n) is 11.2. The number of benzene rings is 10. The predicted molar refractivity (Wildman–Crippen MR) is 255 cm³/mol. The van der Waals surface area contributed by atoms with Crippen LogP contribution in [0.2, 0.25) is 0 Å². The molecule has 10 aromatic carbocycles. The third-order valence-electron chi connectivity index (χ3n) is 13.7. The van der Waals surface area contributed by atoms with Gasteiger partial charge < -0.3 is 13.7 Å². The van der Waals surface area contributed by atoms with Crippen LogP contribution >= 0.6 is 0 Å². The normalized spacial score (nSPS) is 13.3. The SMILES string of the molecule is c1ccc(N(c2ccc3c(c2)C2(c4ccccc4-c4ccccc42)c2ccccc2-3)c2ccc3oc4c(-c5cccc6c5oc5ccccc56)c5ccccc5cc4c3c2)cc1. The first-order chi connectivity index (χ1) is 30.8. The van der Waals surface area contributed by atoms with Gasteiger partial charge in [-0.05, 0) is 110 Å². The molecular formula is C59H35NO2. The first kappa shape index (κ1) is 33.7. The predicted octanol–water partition coefficient (Wildman–Crippen LogP) is 16.1. The van der Waals surface area contributed by atoms with Gasteiger partial charge in [0.2, 0.25) is 0 Å². The van der Waals surface area contributed by atoms with Crippen molar-refractivity contribution in [1.29, 1.82) is 0 Å². The lowest BCUT2D eigenvalue weighted by Gasteiger charge is -2.32. The summed E-state index contributed by atoms with van der Waals surface area (Å²) >= 11 is 0. The minimum atomic E-state index is -0.442. The van der Waals surface area contributed by atoms with Gasteiger partial charge in [0.05, 0.1) is 5.41 Å². The molecule has 0 amide bonds. The molecule has 0 radical (unpaired) electrons. The topological polar surface area (TPSA) is 29.5 Å². The summed E-state index contributed by atoms with van der Waals surface area (Å²) in [7, 11) is 0. The van der Waals surface area contributed by atoms with Crippen LogP contribution < -0.4 is 4.90 Å². The molecule has 288 valence electrons. The largest absolute Gasteiger partial charge is 0.455 e. The Balaban J connectivity index is 1.01. The Labute approximate surface area is 357 Å². The van der Waals surface area contributed by atoms with Gasteiger partial charge in [0.15, 0.2) is 0 Å². The number of rotatable bonds is 4. The zero-order chi connectivity index (χ0) is 40.5. The van der Waals surface area contributed by atoms with Crippen LogP contribution in [0.4, 0.5) is 17.1 Å². The molecule has 14 rings (SSSR count). The molecule has 62 heavy (non-hydrogen) atoms. The highest BCUT2D eigenvalue weighted by Crippen LogP contribution is 2.63. The van der Waals surface area contributed by atoms with E-state index in [0.29, 0.717) is 0 Å². The summed E-state index contributed by atoms with van der Waals surface area (Å²) < 4.78 is 13.6. The summed E-state index contributed by atoms with van der Waals surface area (Å²) in [5.74, 6) is 0. The third-order valence-corrected chi connectivity index (χ3v) is 13.7. The molecular weight excluding hydrogens is 755 g/mol. The van der Waals surface area contributed by atoms with E-state index < -0.39 is 5.41 Å². The zero-order valence-corrected chi connectivity index (χ0v) is 33.5. The van der Waals surface area contributed by atoms with Crippen LogP contribution in [-0.2, 0) is 5.41 Å². The summed E-state index contributed by atoms with van der Waals surface area (Å²) in [6.45, 7) is 0. The second kappa shape index (κ2) is 12.4. The number of hydrogen-bond acceptors (Lipinski definition) is 3. The zero-order valence-electron chi connectivity index (χ0n) is 33.5. The number of fused-ring (bicyclic) bond motifs is 17. The Morgan fingerprint density at radius 1 is 0.306 bits per heavy atom. The van der Waals surface area contributed by atoms with E-state index in [1.807, 2.05) is 12.1 Å². The van der Waals surface area contributed by atoms with Crippen LogP contribution in [0.5, 0.6) is 0 Å². The first-order valence-electron chi connectivity index (χ1n) is 21.3. The van der Waals surface area contributed by atoms with Gasteiger partial charge in [0.1, 0.15) is 22.3 Å². The van der Waals surface area contributed by atoms with Gasteiger partial charge in [0.25, 0.3) is 0 Å². The number of anilines is 3. The summed E-state index contributed by atoms with van der Waals surface area (Å²) in [6.07, 6.45) is 0. The van der Waals surface area contributed by atoms with Crippen LogP contribution in [0, 0.1) is 0 Å². The van der Waals surface area contributed by atoms with E-state index in [1.54, 1.807) is 0 Å². The van der Waals surface area contributed by atoms with Crippen LogP contribution in [0.1, 0.15) is 22.3 Å². The highest BCUT2D eigenvalue weighted by Gasteiger charge is 2.51. The van der Waals surface area contributed by atoms with Gasteiger partial charge in [-0.15, -0.1) is 0 Å². The Morgan fingerprint density at radius 3 is 1.61 bits per heavy atom. The highest BCUT2D eigenvalue weighted by molar-refractivity contribution is 6.22. The minimum Gasteiger partial charge on any atom is -0.455 e. The standard InChI is InChI=1S/C59H35NO2/c1-2-16-37(17-3-1)60(39-29-31-44-43-21-8-12-27-52(43)59(53(44)35-39)50-25-10-6-19-41(50)42-20-7-11-26-51(42)59)38-30-32-55-48(34-38)49-33-36-15-4-5-18-40(36)56(58(49)62-55)47-24-14-23-46-45-22-9-13-28-54(45)61-57(46)47/h1-35H. The molecule has 2 heterocycles. The molecule has 2 aliphatic carbocycles. The first-order valence-corrected chi connectivity index (χ1v) is 21.3. The molecule has 3 nitrogen and oxygen atoms in total. The lowest BCUT2D eigenvalue weighted by Crippen LogP contribution is -2.26. The van der Waals surface area contributed by atoms with Crippen molar-refractivity contribution in [2.75, 3.05) is 4.90 Å². The van der Waals surface area contributed by atoms with Gasteiger partial charge in [-0.3, -0.25) is 0 Å².